The van der Waals surface area contributed by atoms with Gasteiger partial charge in [0.2, 0.25) is 0 Å². The van der Waals surface area contributed by atoms with Gasteiger partial charge in [-0.15, -0.1) is 11.6 Å². The fourth-order valence-corrected chi connectivity index (χ4v) is 1.52. The molecule has 0 fully saturated rings. The highest BCUT2D eigenvalue weighted by molar-refractivity contribution is 6.18. The highest BCUT2D eigenvalue weighted by Crippen LogP contribution is 2.19. The second-order valence-electron chi connectivity index (χ2n) is 2.77. The molecule has 1 rings (SSSR count). The van der Waals surface area contributed by atoms with Crippen molar-refractivity contribution in [2.24, 2.45) is 0 Å². The van der Waals surface area contributed by atoms with Crippen LogP contribution in [0.3, 0.4) is 0 Å². The molecule has 72 valence electrons. The van der Waals surface area contributed by atoms with Crippen LogP contribution in [0.15, 0.2) is 24.3 Å². The molecule has 1 N–H and O–H groups in total. The molecule has 3 heteroatoms. The number of nitrogens with one attached hydrogen (secondary N) is 1. The molecular formula is C10H14ClNO. The minimum Gasteiger partial charge on any atom is -0.497 e. The summed E-state index contributed by atoms with van der Waals surface area (Å²) in [7, 11) is 3.56. The monoisotopic (exact) mass is 199 g/mol. The van der Waals surface area contributed by atoms with Crippen molar-refractivity contribution < 1.29 is 4.74 Å². The number of halogens is 1. The molecule has 1 aromatic carbocycles. The Balaban J connectivity index is 2.86. The first-order valence-electron chi connectivity index (χ1n) is 4.19. The van der Waals surface area contributed by atoms with Crippen molar-refractivity contribution in [1.29, 1.82) is 0 Å². The molecule has 0 aromatic heterocycles. The van der Waals surface area contributed by atoms with Crippen LogP contribution in [0.25, 0.3) is 0 Å². The molecule has 1 atom stereocenters. The molecule has 0 radical (unpaired) electrons. The number of hydrogen-bond donors (Lipinski definition) is 1. The topological polar surface area (TPSA) is 21.3 Å². The normalized spacial score (nSPS) is 12.5. The Morgan fingerprint density at radius 2 is 2.31 bits per heavy atom. The van der Waals surface area contributed by atoms with Gasteiger partial charge in [-0.3, -0.25) is 0 Å². The van der Waals surface area contributed by atoms with E-state index in [1.807, 2.05) is 31.3 Å². The SMILES string of the molecule is CNC(CCl)c1cccc(OC)c1. The number of benzene rings is 1. The molecule has 0 saturated heterocycles. The summed E-state index contributed by atoms with van der Waals surface area (Å²) in [6, 6.07) is 8.10. The quantitative estimate of drug-likeness (QED) is 0.751. The second kappa shape index (κ2) is 5.10. The second-order valence-corrected chi connectivity index (χ2v) is 3.08. The van der Waals surface area contributed by atoms with Gasteiger partial charge >= 0.3 is 0 Å². The van der Waals surface area contributed by atoms with Crippen molar-refractivity contribution in [2.75, 3.05) is 20.0 Å². The van der Waals surface area contributed by atoms with Crippen LogP contribution in [0.2, 0.25) is 0 Å². The maximum Gasteiger partial charge on any atom is 0.119 e. The Kier molecular flexibility index (Phi) is 4.06. The van der Waals surface area contributed by atoms with E-state index in [-0.39, 0.29) is 6.04 Å². The summed E-state index contributed by atoms with van der Waals surface area (Å²) in [6.45, 7) is 0. The van der Waals surface area contributed by atoms with E-state index < -0.39 is 0 Å². The maximum atomic E-state index is 5.79. The largest absolute Gasteiger partial charge is 0.497 e. The average Bonchev–Trinajstić information content (AvgIpc) is 2.20. The number of ether oxygens (including phenoxy) is 1. The number of hydrogen-bond acceptors (Lipinski definition) is 2. The molecule has 0 saturated carbocycles. The number of rotatable bonds is 4. The van der Waals surface area contributed by atoms with Crippen LogP contribution in [-0.4, -0.2) is 20.0 Å². The molecule has 0 spiro atoms. The first-order chi connectivity index (χ1) is 6.31. The van der Waals surface area contributed by atoms with Gasteiger partial charge in [0.1, 0.15) is 5.75 Å². The summed E-state index contributed by atoms with van der Waals surface area (Å²) < 4.78 is 5.12. The average molecular weight is 200 g/mol. The molecule has 0 aliphatic rings. The zero-order valence-corrected chi connectivity index (χ0v) is 8.64. The van der Waals surface area contributed by atoms with E-state index >= 15 is 0 Å². The Morgan fingerprint density at radius 1 is 1.54 bits per heavy atom. The lowest BCUT2D eigenvalue weighted by molar-refractivity contribution is 0.413. The molecule has 0 aliphatic carbocycles. The van der Waals surface area contributed by atoms with E-state index in [4.69, 9.17) is 16.3 Å². The fraction of sp³-hybridized carbons (Fsp3) is 0.400. The Labute approximate surface area is 83.9 Å². The van der Waals surface area contributed by atoms with E-state index in [1.165, 1.54) is 0 Å². The molecule has 13 heavy (non-hydrogen) atoms. The van der Waals surface area contributed by atoms with E-state index in [1.54, 1.807) is 7.11 Å². The minimum absolute atomic E-state index is 0.191. The fourth-order valence-electron chi connectivity index (χ4n) is 1.19. The van der Waals surface area contributed by atoms with Gasteiger partial charge in [-0.1, -0.05) is 12.1 Å². The lowest BCUT2D eigenvalue weighted by Crippen LogP contribution is -2.17. The van der Waals surface area contributed by atoms with Crippen LogP contribution in [0.1, 0.15) is 11.6 Å². The van der Waals surface area contributed by atoms with Gasteiger partial charge in [0.05, 0.1) is 7.11 Å². The van der Waals surface area contributed by atoms with Crippen LogP contribution in [0.4, 0.5) is 0 Å². The van der Waals surface area contributed by atoms with Crippen molar-refractivity contribution in [1.82, 2.24) is 5.32 Å². The van der Waals surface area contributed by atoms with E-state index in [9.17, 15) is 0 Å². The lowest BCUT2D eigenvalue weighted by Gasteiger charge is -2.13. The summed E-state index contributed by atoms with van der Waals surface area (Å²) in [6.07, 6.45) is 0. The van der Waals surface area contributed by atoms with Crippen LogP contribution < -0.4 is 10.1 Å². The predicted octanol–water partition coefficient (Wildman–Crippen LogP) is 2.19. The van der Waals surface area contributed by atoms with Crippen LogP contribution in [0, 0.1) is 0 Å². The van der Waals surface area contributed by atoms with Crippen molar-refractivity contribution in [2.45, 2.75) is 6.04 Å². The Morgan fingerprint density at radius 3 is 2.85 bits per heavy atom. The molecule has 0 amide bonds. The number of alkyl halides is 1. The van der Waals surface area contributed by atoms with Crippen LogP contribution in [0.5, 0.6) is 5.75 Å². The van der Waals surface area contributed by atoms with Crippen molar-refractivity contribution in [3.8, 4) is 5.75 Å². The van der Waals surface area contributed by atoms with Gasteiger partial charge in [0, 0.05) is 11.9 Å². The van der Waals surface area contributed by atoms with E-state index in [0.29, 0.717) is 5.88 Å². The zero-order chi connectivity index (χ0) is 9.68. The van der Waals surface area contributed by atoms with Gasteiger partial charge in [-0.2, -0.15) is 0 Å². The number of methoxy groups -OCH3 is 1. The summed E-state index contributed by atoms with van der Waals surface area (Å²) in [5.41, 5.74) is 1.15. The van der Waals surface area contributed by atoms with Gasteiger partial charge in [-0.25, -0.2) is 0 Å². The predicted molar refractivity (Wildman–Crippen MR) is 55.5 cm³/mol. The van der Waals surface area contributed by atoms with Crippen molar-refractivity contribution in [3.05, 3.63) is 29.8 Å². The Bertz CT molecular complexity index is 261. The lowest BCUT2D eigenvalue weighted by atomic mass is 10.1. The smallest absolute Gasteiger partial charge is 0.119 e. The zero-order valence-electron chi connectivity index (χ0n) is 7.88. The standard InChI is InChI=1S/C10H14ClNO/c1-12-10(7-11)8-4-3-5-9(6-8)13-2/h3-6,10,12H,7H2,1-2H3. The summed E-state index contributed by atoms with van der Waals surface area (Å²) in [4.78, 5) is 0. The molecule has 0 bridgehead atoms. The molecule has 1 unspecified atom stereocenters. The van der Waals surface area contributed by atoms with Crippen LogP contribution >= 0.6 is 11.6 Å². The molecule has 0 heterocycles. The molecular weight excluding hydrogens is 186 g/mol. The summed E-state index contributed by atoms with van der Waals surface area (Å²) in [5, 5.41) is 3.13. The van der Waals surface area contributed by atoms with Crippen molar-refractivity contribution in [3.63, 3.8) is 0 Å². The molecule has 0 aliphatic heterocycles. The van der Waals surface area contributed by atoms with E-state index in [0.717, 1.165) is 11.3 Å². The third-order valence-corrected chi connectivity index (χ3v) is 2.31. The molecule has 2 nitrogen and oxygen atoms in total. The molecule has 1 aromatic rings. The van der Waals surface area contributed by atoms with Crippen molar-refractivity contribution >= 4 is 11.6 Å². The first-order valence-corrected chi connectivity index (χ1v) is 4.72. The van der Waals surface area contributed by atoms with E-state index in [2.05, 4.69) is 5.32 Å². The highest BCUT2D eigenvalue weighted by atomic mass is 35.5. The van der Waals surface area contributed by atoms with Gasteiger partial charge < -0.3 is 10.1 Å². The van der Waals surface area contributed by atoms with Crippen LogP contribution in [-0.2, 0) is 0 Å². The summed E-state index contributed by atoms with van der Waals surface area (Å²) >= 11 is 5.79. The maximum absolute atomic E-state index is 5.79. The minimum atomic E-state index is 0.191. The summed E-state index contributed by atoms with van der Waals surface area (Å²) in [5.74, 6) is 1.42. The third-order valence-electron chi connectivity index (χ3n) is 2.00. The van der Waals surface area contributed by atoms with Gasteiger partial charge in [-0.05, 0) is 24.7 Å². The van der Waals surface area contributed by atoms with Gasteiger partial charge in [0.15, 0.2) is 0 Å². The first kappa shape index (κ1) is 10.4. The third kappa shape index (κ3) is 2.61. The van der Waals surface area contributed by atoms with Gasteiger partial charge in [0.25, 0.3) is 0 Å². The Hall–Kier alpha value is -0.730. The highest BCUT2D eigenvalue weighted by Gasteiger charge is 2.07.